The summed E-state index contributed by atoms with van der Waals surface area (Å²) >= 11 is 1.92. The summed E-state index contributed by atoms with van der Waals surface area (Å²) in [7, 11) is 0. The van der Waals surface area contributed by atoms with Crippen LogP contribution < -0.4 is 5.73 Å². The van der Waals surface area contributed by atoms with Crippen molar-refractivity contribution in [3.63, 3.8) is 0 Å². The lowest BCUT2D eigenvalue weighted by Crippen LogP contribution is -1.91. The largest absolute Gasteiger partial charge is 0.399 e. The number of halogens is 2. The molecule has 1 nitrogen and oxygen atoms in total. The second-order valence-electron chi connectivity index (χ2n) is 2.13. The third-order valence-electron chi connectivity index (χ3n) is 1.23. The summed E-state index contributed by atoms with van der Waals surface area (Å²) in [6.07, 6.45) is 0. The Labute approximate surface area is 72.6 Å². The molecular weight excluding hydrogens is 244 g/mol. The SMILES string of the molecule is Cc1cc(N)cc(I)c1F. The van der Waals surface area contributed by atoms with Gasteiger partial charge in [-0.05, 0) is 47.2 Å². The first-order valence-electron chi connectivity index (χ1n) is 2.82. The molecule has 0 heterocycles. The molecule has 2 N–H and O–H groups in total. The van der Waals surface area contributed by atoms with Crippen LogP contribution in [0.2, 0.25) is 0 Å². The molecule has 0 saturated carbocycles. The van der Waals surface area contributed by atoms with Crippen LogP contribution in [-0.2, 0) is 0 Å². The van der Waals surface area contributed by atoms with E-state index in [-0.39, 0.29) is 5.82 Å². The van der Waals surface area contributed by atoms with Gasteiger partial charge in [0.1, 0.15) is 5.82 Å². The number of benzene rings is 1. The Hall–Kier alpha value is -0.320. The molecule has 0 aliphatic carbocycles. The number of anilines is 1. The lowest BCUT2D eigenvalue weighted by atomic mass is 10.2. The van der Waals surface area contributed by atoms with Gasteiger partial charge >= 0.3 is 0 Å². The number of rotatable bonds is 0. The molecule has 0 aliphatic heterocycles. The zero-order valence-electron chi connectivity index (χ0n) is 5.49. The quantitative estimate of drug-likeness (QED) is 0.555. The van der Waals surface area contributed by atoms with Gasteiger partial charge in [0.05, 0.1) is 3.57 Å². The molecule has 0 radical (unpaired) electrons. The first-order valence-corrected chi connectivity index (χ1v) is 3.90. The number of nitrogen functional groups attached to an aromatic ring is 1. The number of hydrogen-bond donors (Lipinski definition) is 1. The van der Waals surface area contributed by atoms with Gasteiger partial charge in [-0.3, -0.25) is 0 Å². The zero-order chi connectivity index (χ0) is 7.72. The van der Waals surface area contributed by atoms with E-state index in [4.69, 9.17) is 5.73 Å². The third-order valence-corrected chi connectivity index (χ3v) is 2.02. The Morgan fingerprint density at radius 2 is 2.10 bits per heavy atom. The molecule has 0 amide bonds. The topological polar surface area (TPSA) is 26.0 Å². The predicted octanol–water partition coefficient (Wildman–Crippen LogP) is 2.32. The van der Waals surface area contributed by atoms with Crippen molar-refractivity contribution in [2.75, 3.05) is 5.73 Å². The van der Waals surface area contributed by atoms with Crippen LogP contribution in [0.5, 0.6) is 0 Å². The maximum absolute atomic E-state index is 12.8. The fourth-order valence-electron chi connectivity index (χ4n) is 0.753. The normalized spacial score (nSPS) is 9.90. The molecule has 0 spiro atoms. The van der Waals surface area contributed by atoms with Crippen molar-refractivity contribution in [2.45, 2.75) is 6.92 Å². The average Bonchev–Trinajstić information content (AvgIpc) is 1.82. The van der Waals surface area contributed by atoms with Crippen LogP contribution in [0.25, 0.3) is 0 Å². The highest BCUT2D eigenvalue weighted by Crippen LogP contribution is 2.18. The summed E-state index contributed by atoms with van der Waals surface area (Å²) in [6.45, 7) is 1.70. The molecule has 0 bridgehead atoms. The minimum absolute atomic E-state index is 0.171. The summed E-state index contributed by atoms with van der Waals surface area (Å²) < 4.78 is 13.4. The summed E-state index contributed by atoms with van der Waals surface area (Å²) in [6, 6.07) is 3.24. The lowest BCUT2D eigenvalue weighted by molar-refractivity contribution is 0.611. The van der Waals surface area contributed by atoms with Crippen LogP contribution >= 0.6 is 22.6 Å². The van der Waals surface area contributed by atoms with Gasteiger partial charge in [-0.25, -0.2) is 4.39 Å². The number of aryl methyl sites for hydroxylation is 1. The first-order chi connectivity index (χ1) is 4.61. The second kappa shape index (κ2) is 2.74. The number of nitrogens with two attached hydrogens (primary N) is 1. The molecule has 0 aliphatic rings. The maximum atomic E-state index is 12.8. The van der Waals surface area contributed by atoms with Crippen LogP contribution in [0.1, 0.15) is 5.56 Å². The van der Waals surface area contributed by atoms with Crippen molar-refractivity contribution in [3.05, 3.63) is 27.1 Å². The molecule has 1 aromatic rings. The molecule has 1 rings (SSSR count). The fourth-order valence-corrected chi connectivity index (χ4v) is 1.54. The third kappa shape index (κ3) is 1.39. The highest BCUT2D eigenvalue weighted by atomic mass is 127. The molecule has 0 aromatic heterocycles. The summed E-state index contributed by atoms with van der Waals surface area (Å²) in [5.41, 5.74) is 6.67. The van der Waals surface area contributed by atoms with Crippen LogP contribution in [0.15, 0.2) is 12.1 Å². The molecule has 0 atom stereocenters. The smallest absolute Gasteiger partial charge is 0.139 e. The van der Waals surface area contributed by atoms with Crippen molar-refractivity contribution < 1.29 is 4.39 Å². The van der Waals surface area contributed by atoms with Gasteiger partial charge in [0.25, 0.3) is 0 Å². The van der Waals surface area contributed by atoms with Gasteiger partial charge < -0.3 is 5.73 Å². The van der Waals surface area contributed by atoms with E-state index in [0.717, 1.165) is 0 Å². The fraction of sp³-hybridized carbons (Fsp3) is 0.143. The molecular formula is C7H7FIN. The van der Waals surface area contributed by atoms with E-state index in [1.165, 1.54) is 0 Å². The Morgan fingerprint density at radius 3 is 2.60 bits per heavy atom. The molecule has 0 unspecified atom stereocenters. The highest BCUT2D eigenvalue weighted by molar-refractivity contribution is 14.1. The van der Waals surface area contributed by atoms with Gasteiger partial charge in [0, 0.05) is 5.69 Å². The minimum Gasteiger partial charge on any atom is -0.399 e. The molecule has 1 aromatic carbocycles. The first kappa shape index (κ1) is 7.78. The maximum Gasteiger partial charge on any atom is 0.139 e. The molecule has 54 valence electrons. The van der Waals surface area contributed by atoms with Gasteiger partial charge in [0.2, 0.25) is 0 Å². The summed E-state index contributed by atoms with van der Waals surface area (Å²) in [5.74, 6) is -0.171. The Morgan fingerprint density at radius 1 is 1.50 bits per heavy atom. The van der Waals surface area contributed by atoms with E-state index >= 15 is 0 Å². The second-order valence-corrected chi connectivity index (χ2v) is 3.30. The van der Waals surface area contributed by atoms with E-state index in [2.05, 4.69) is 0 Å². The Bertz CT molecular complexity index is 237. The van der Waals surface area contributed by atoms with E-state index in [1.807, 2.05) is 22.6 Å². The summed E-state index contributed by atoms with van der Waals surface area (Å²) in [4.78, 5) is 0. The lowest BCUT2D eigenvalue weighted by Gasteiger charge is -1.99. The standard InChI is InChI=1S/C7H7FIN/c1-4-2-5(10)3-6(9)7(4)8/h2-3H,10H2,1H3. The van der Waals surface area contributed by atoms with Crippen molar-refractivity contribution in [3.8, 4) is 0 Å². The van der Waals surface area contributed by atoms with Crippen LogP contribution in [0.3, 0.4) is 0 Å². The van der Waals surface area contributed by atoms with E-state index in [9.17, 15) is 4.39 Å². The molecule has 0 saturated heterocycles. The predicted molar refractivity (Wildman–Crippen MR) is 48.3 cm³/mol. The Kier molecular flexibility index (Phi) is 2.13. The van der Waals surface area contributed by atoms with Crippen molar-refractivity contribution in [1.82, 2.24) is 0 Å². The molecule has 0 fully saturated rings. The van der Waals surface area contributed by atoms with Crippen molar-refractivity contribution in [2.24, 2.45) is 0 Å². The minimum atomic E-state index is -0.171. The zero-order valence-corrected chi connectivity index (χ0v) is 7.65. The van der Waals surface area contributed by atoms with E-state index in [1.54, 1.807) is 19.1 Å². The van der Waals surface area contributed by atoms with Gasteiger partial charge in [0.15, 0.2) is 0 Å². The molecule has 10 heavy (non-hydrogen) atoms. The molecule has 3 heteroatoms. The van der Waals surface area contributed by atoms with E-state index < -0.39 is 0 Å². The monoisotopic (exact) mass is 251 g/mol. The van der Waals surface area contributed by atoms with Gasteiger partial charge in [-0.15, -0.1) is 0 Å². The van der Waals surface area contributed by atoms with Gasteiger partial charge in [-0.2, -0.15) is 0 Å². The van der Waals surface area contributed by atoms with E-state index in [0.29, 0.717) is 14.8 Å². The summed E-state index contributed by atoms with van der Waals surface area (Å²) in [5, 5.41) is 0. The van der Waals surface area contributed by atoms with Crippen LogP contribution in [0, 0.1) is 16.3 Å². The Balaban J connectivity index is 3.31. The van der Waals surface area contributed by atoms with Crippen LogP contribution in [-0.4, -0.2) is 0 Å². The van der Waals surface area contributed by atoms with Gasteiger partial charge in [-0.1, -0.05) is 0 Å². The van der Waals surface area contributed by atoms with Crippen LogP contribution in [0.4, 0.5) is 10.1 Å². The average molecular weight is 251 g/mol. The van der Waals surface area contributed by atoms with Crippen molar-refractivity contribution >= 4 is 28.3 Å². The van der Waals surface area contributed by atoms with Crippen molar-refractivity contribution in [1.29, 1.82) is 0 Å². The number of hydrogen-bond acceptors (Lipinski definition) is 1. The highest BCUT2D eigenvalue weighted by Gasteiger charge is 2.02.